The zero-order chi connectivity index (χ0) is 12.3. The Morgan fingerprint density at radius 2 is 1.81 bits per heavy atom. The van der Waals surface area contributed by atoms with Gasteiger partial charge in [0, 0.05) is 6.54 Å². The van der Waals surface area contributed by atoms with Gasteiger partial charge in [-0.1, -0.05) is 19.9 Å². The summed E-state index contributed by atoms with van der Waals surface area (Å²) in [7, 11) is 0. The maximum Gasteiger partial charge on any atom is 0.123 e. The molecule has 1 unspecified atom stereocenters. The van der Waals surface area contributed by atoms with Crippen LogP contribution < -0.4 is 10.5 Å². The molecule has 16 heavy (non-hydrogen) atoms. The monoisotopic (exact) mass is 221 g/mol. The van der Waals surface area contributed by atoms with Crippen molar-refractivity contribution in [2.45, 2.75) is 40.7 Å². The fraction of sp³-hybridized carbons (Fsp3) is 0.571. The molecule has 90 valence electrons. The molecule has 1 rings (SSSR count). The number of benzene rings is 1. The third kappa shape index (κ3) is 2.99. The first kappa shape index (κ1) is 13.0. The van der Waals surface area contributed by atoms with Crippen LogP contribution >= 0.6 is 0 Å². The van der Waals surface area contributed by atoms with Crippen LogP contribution in [0.1, 0.15) is 30.5 Å². The number of rotatable bonds is 4. The minimum atomic E-state index is 0.0971. The van der Waals surface area contributed by atoms with Gasteiger partial charge < -0.3 is 10.5 Å². The zero-order valence-electron chi connectivity index (χ0n) is 11.0. The molecule has 0 spiro atoms. The molecule has 0 aliphatic carbocycles. The lowest BCUT2D eigenvalue weighted by Crippen LogP contribution is -2.32. The maximum atomic E-state index is 5.99. The molecule has 2 nitrogen and oxygen atoms in total. The van der Waals surface area contributed by atoms with Crippen LogP contribution in [-0.4, -0.2) is 12.6 Å². The highest BCUT2D eigenvalue weighted by molar-refractivity contribution is 5.42. The summed E-state index contributed by atoms with van der Waals surface area (Å²) < 4.78 is 5.99. The van der Waals surface area contributed by atoms with E-state index in [-0.39, 0.29) is 6.10 Å². The van der Waals surface area contributed by atoms with Gasteiger partial charge in [0.1, 0.15) is 11.9 Å². The molecule has 0 aromatic heterocycles. The van der Waals surface area contributed by atoms with E-state index in [0.29, 0.717) is 12.5 Å². The Labute approximate surface area is 98.8 Å². The van der Waals surface area contributed by atoms with E-state index in [1.165, 1.54) is 16.7 Å². The molecule has 1 atom stereocenters. The Kier molecular flexibility index (Phi) is 4.36. The van der Waals surface area contributed by atoms with Gasteiger partial charge in [-0.2, -0.15) is 0 Å². The molecule has 0 bridgehead atoms. The number of nitrogens with two attached hydrogens (primary N) is 1. The molecule has 0 aliphatic rings. The smallest absolute Gasteiger partial charge is 0.123 e. The van der Waals surface area contributed by atoms with Crippen LogP contribution in [0.2, 0.25) is 0 Å². The highest BCUT2D eigenvalue weighted by atomic mass is 16.5. The Morgan fingerprint density at radius 1 is 1.19 bits per heavy atom. The third-order valence-corrected chi connectivity index (χ3v) is 3.02. The fourth-order valence-corrected chi connectivity index (χ4v) is 1.74. The van der Waals surface area contributed by atoms with E-state index in [4.69, 9.17) is 10.5 Å². The van der Waals surface area contributed by atoms with Crippen molar-refractivity contribution < 1.29 is 4.74 Å². The van der Waals surface area contributed by atoms with Crippen molar-refractivity contribution in [3.05, 3.63) is 28.8 Å². The quantitative estimate of drug-likeness (QED) is 0.848. The van der Waals surface area contributed by atoms with E-state index in [1.807, 2.05) is 0 Å². The normalized spacial score (nSPS) is 12.9. The first-order valence-corrected chi connectivity index (χ1v) is 5.90. The molecule has 0 saturated heterocycles. The van der Waals surface area contributed by atoms with Crippen LogP contribution in [0.25, 0.3) is 0 Å². The Balaban J connectivity index is 2.96. The minimum absolute atomic E-state index is 0.0971. The summed E-state index contributed by atoms with van der Waals surface area (Å²) in [5.41, 5.74) is 9.44. The van der Waals surface area contributed by atoms with Gasteiger partial charge in [-0.05, 0) is 49.4 Å². The van der Waals surface area contributed by atoms with Gasteiger partial charge in [-0.25, -0.2) is 0 Å². The molecule has 0 saturated carbocycles. The minimum Gasteiger partial charge on any atom is -0.489 e. The molecule has 0 aliphatic heterocycles. The van der Waals surface area contributed by atoms with Gasteiger partial charge in [0.2, 0.25) is 0 Å². The second-order valence-corrected chi connectivity index (χ2v) is 4.84. The Morgan fingerprint density at radius 3 is 2.31 bits per heavy atom. The topological polar surface area (TPSA) is 35.2 Å². The summed E-state index contributed by atoms with van der Waals surface area (Å²) in [5.74, 6) is 1.41. The lowest BCUT2D eigenvalue weighted by atomic mass is 10.0. The third-order valence-electron chi connectivity index (χ3n) is 3.02. The zero-order valence-corrected chi connectivity index (χ0v) is 11.0. The predicted octanol–water partition coefficient (Wildman–Crippen LogP) is 2.97. The average Bonchev–Trinajstić information content (AvgIpc) is 2.20. The lowest BCUT2D eigenvalue weighted by Gasteiger charge is -2.23. The summed E-state index contributed by atoms with van der Waals surface area (Å²) in [5, 5.41) is 0. The van der Waals surface area contributed by atoms with Crippen LogP contribution in [0.3, 0.4) is 0 Å². The van der Waals surface area contributed by atoms with E-state index >= 15 is 0 Å². The first-order chi connectivity index (χ1) is 7.45. The molecular weight excluding hydrogens is 198 g/mol. The van der Waals surface area contributed by atoms with Gasteiger partial charge in [-0.15, -0.1) is 0 Å². The largest absolute Gasteiger partial charge is 0.489 e. The lowest BCUT2D eigenvalue weighted by molar-refractivity contribution is 0.158. The number of hydrogen-bond donors (Lipinski definition) is 1. The SMILES string of the molecule is Cc1cc(C)c(C)c(OC(CN)C(C)C)c1. The standard InChI is InChI=1S/C14H23NO/c1-9(2)14(8-15)16-13-7-10(3)6-11(4)12(13)5/h6-7,9,14H,8,15H2,1-5H3. The summed E-state index contributed by atoms with van der Waals surface area (Å²) in [4.78, 5) is 0. The molecule has 0 radical (unpaired) electrons. The van der Waals surface area contributed by atoms with E-state index < -0.39 is 0 Å². The van der Waals surface area contributed by atoms with Crippen molar-refractivity contribution >= 4 is 0 Å². The summed E-state index contributed by atoms with van der Waals surface area (Å²) in [6.45, 7) is 11.1. The second-order valence-electron chi connectivity index (χ2n) is 4.84. The highest BCUT2D eigenvalue weighted by Gasteiger charge is 2.15. The van der Waals surface area contributed by atoms with Gasteiger partial charge >= 0.3 is 0 Å². The summed E-state index contributed by atoms with van der Waals surface area (Å²) >= 11 is 0. The molecule has 1 aromatic carbocycles. The van der Waals surface area contributed by atoms with Crippen LogP contribution in [0.15, 0.2) is 12.1 Å². The number of ether oxygens (including phenoxy) is 1. The van der Waals surface area contributed by atoms with E-state index in [2.05, 4.69) is 46.8 Å². The van der Waals surface area contributed by atoms with E-state index in [9.17, 15) is 0 Å². The first-order valence-electron chi connectivity index (χ1n) is 5.90. The molecule has 0 fully saturated rings. The van der Waals surface area contributed by atoms with Crippen molar-refractivity contribution in [2.75, 3.05) is 6.54 Å². The second kappa shape index (κ2) is 5.35. The molecule has 0 heterocycles. The molecule has 1 aromatic rings. The van der Waals surface area contributed by atoms with Gasteiger partial charge in [0.25, 0.3) is 0 Å². The van der Waals surface area contributed by atoms with Gasteiger partial charge in [-0.3, -0.25) is 0 Å². The molecule has 0 amide bonds. The van der Waals surface area contributed by atoms with E-state index in [0.717, 1.165) is 5.75 Å². The van der Waals surface area contributed by atoms with E-state index in [1.54, 1.807) is 0 Å². The van der Waals surface area contributed by atoms with Gasteiger partial charge in [0.05, 0.1) is 0 Å². The highest BCUT2D eigenvalue weighted by Crippen LogP contribution is 2.25. The van der Waals surface area contributed by atoms with Crippen molar-refractivity contribution in [3.63, 3.8) is 0 Å². The summed E-state index contributed by atoms with van der Waals surface area (Å²) in [6.07, 6.45) is 0.0971. The van der Waals surface area contributed by atoms with Crippen molar-refractivity contribution in [2.24, 2.45) is 11.7 Å². The van der Waals surface area contributed by atoms with Crippen LogP contribution in [0.4, 0.5) is 0 Å². The Hall–Kier alpha value is -1.02. The molecular formula is C14H23NO. The van der Waals surface area contributed by atoms with Gasteiger partial charge in [0.15, 0.2) is 0 Å². The van der Waals surface area contributed by atoms with Crippen LogP contribution in [0.5, 0.6) is 5.75 Å². The summed E-state index contributed by atoms with van der Waals surface area (Å²) in [6, 6.07) is 4.27. The van der Waals surface area contributed by atoms with Crippen molar-refractivity contribution in [1.29, 1.82) is 0 Å². The average molecular weight is 221 g/mol. The number of aryl methyl sites for hydroxylation is 2. The fourth-order valence-electron chi connectivity index (χ4n) is 1.74. The predicted molar refractivity (Wildman–Crippen MR) is 69.0 cm³/mol. The molecule has 2 heteroatoms. The van der Waals surface area contributed by atoms with Crippen LogP contribution in [0, 0.1) is 26.7 Å². The van der Waals surface area contributed by atoms with Crippen LogP contribution in [-0.2, 0) is 0 Å². The Bertz CT molecular complexity index is 358. The molecule has 2 N–H and O–H groups in total. The van der Waals surface area contributed by atoms with Crippen molar-refractivity contribution in [3.8, 4) is 5.75 Å². The number of hydrogen-bond acceptors (Lipinski definition) is 2. The maximum absolute atomic E-state index is 5.99. The van der Waals surface area contributed by atoms with Crippen molar-refractivity contribution in [1.82, 2.24) is 0 Å².